The maximum atomic E-state index is 13.0. The van der Waals surface area contributed by atoms with Gasteiger partial charge in [-0.3, -0.25) is 9.78 Å². The molecule has 3 aromatic rings. The molecule has 7 nitrogen and oxygen atoms in total. The number of halogens is 1. The quantitative estimate of drug-likeness (QED) is 0.690. The molecule has 28 heavy (non-hydrogen) atoms. The first-order chi connectivity index (χ1) is 13.6. The molecule has 1 amide bonds. The van der Waals surface area contributed by atoms with Gasteiger partial charge in [-0.25, -0.2) is 9.02 Å². The molecule has 2 aromatic heterocycles. The van der Waals surface area contributed by atoms with Crippen LogP contribution in [0.3, 0.4) is 0 Å². The Hall–Kier alpha value is -3.13. The van der Waals surface area contributed by atoms with E-state index in [1.807, 2.05) is 12.1 Å². The number of aryl methyl sites for hydroxylation is 1. The first-order valence-corrected chi connectivity index (χ1v) is 8.99. The van der Waals surface area contributed by atoms with Crippen LogP contribution in [0.25, 0.3) is 0 Å². The van der Waals surface area contributed by atoms with Crippen molar-refractivity contribution < 1.29 is 18.6 Å². The lowest BCUT2D eigenvalue weighted by Gasteiger charge is -2.32. The van der Waals surface area contributed by atoms with Crippen LogP contribution in [0.4, 0.5) is 4.39 Å². The van der Waals surface area contributed by atoms with E-state index in [4.69, 9.17) is 4.74 Å². The summed E-state index contributed by atoms with van der Waals surface area (Å²) in [7, 11) is 0. The van der Waals surface area contributed by atoms with Gasteiger partial charge in [0.05, 0.1) is 18.8 Å². The van der Waals surface area contributed by atoms with Crippen molar-refractivity contribution in [1.82, 2.24) is 20.2 Å². The molecule has 8 heteroatoms. The molecule has 1 saturated heterocycles. The highest BCUT2D eigenvalue weighted by Gasteiger charge is 2.29. The first kappa shape index (κ1) is 18.2. The number of hydrogen-bond acceptors (Lipinski definition) is 6. The number of morpholine rings is 1. The number of nitrogens with zero attached hydrogens (tertiary/aromatic N) is 4. The van der Waals surface area contributed by atoms with Crippen molar-refractivity contribution in [2.24, 2.45) is 0 Å². The highest BCUT2D eigenvalue weighted by atomic mass is 19.1. The van der Waals surface area contributed by atoms with Gasteiger partial charge in [-0.05, 0) is 47.8 Å². The standard InChI is InChI=1S/C20H19FN4O3/c1-13-19(24-28-23-13)20(26)25-8-9-27-18(12-25)17-7-4-15(11-22-17)10-14-2-5-16(21)6-3-14/h2-7,11,18H,8-10,12H2,1H3. The van der Waals surface area contributed by atoms with Gasteiger partial charge < -0.3 is 9.64 Å². The Kier molecular flexibility index (Phi) is 5.12. The maximum Gasteiger partial charge on any atom is 0.278 e. The second-order valence-corrected chi connectivity index (χ2v) is 6.70. The number of carbonyl (C=O) groups excluding carboxylic acids is 1. The average Bonchev–Trinajstić information content (AvgIpc) is 3.16. The largest absolute Gasteiger partial charge is 0.368 e. The van der Waals surface area contributed by atoms with Gasteiger partial charge >= 0.3 is 0 Å². The zero-order valence-corrected chi connectivity index (χ0v) is 15.3. The monoisotopic (exact) mass is 382 g/mol. The topological polar surface area (TPSA) is 81.4 Å². The van der Waals surface area contributed by atoms with Crippen LogP contribution in [0.2, 0.25) is 0 Å². The number of rotatable bonds is 4. The Balaban J connectivity index is 1.43. The third-order valence-corrected chi connectivity index (χ3v) is 4.71. The number of hydrogen-bond donors (Lipinski definition) is 0. The molecule has 0 aliphatic carbocycles. The Morgan fingerprint density at radius 3 is 2.64 bits per heavy atom. The molecule has 0 spiro atoms. The van der Waals surface area contributed by atoms with E-state index in [-0.39, 0.29) is 23.5 Å². The molecule has 1 aliphatic rings. The highest BCUT2D eigenvalue weighted by Crippen LogP contribution is 2.22. The number of amides is 1. The van der Waals surface area contributed by atoms with Gasteiger partial charge in [0.1, 0.15) is 17.6 Å². The lowest BCUT2D eigenvalue weighted by atomic mass is 10.1. The Bertz CT molecular complexity index is 956. The van der Waals surface area contributed by atoms with Crippen molar-refractivity contribution >= 4 is 5.91 Å². The second kappa shape index (κ2) is 7.85. The fraction of sp³-hybridized carbons (Fsp3) is 0.300. The number of carbonyl (C=O) groups is 1. The van der Waals surface area contributed by atoms with Crippen LogP contribution in [-0.2, 0) is 11.2 Å². The molecule has 3 heterocycles. The lowest BCUT2D eigenvalue weighted by Crippen LogP contribution is -2.42. The number of aromatic nitrogens is 3. The fourth-order valence-corrected chi connectivity index (χ4v) is 3.16. The van der Waals surface area contributed by atoms with Gasteiger partial charge in [-0.1, -0.05) is 23.4 Å². The van der Waals surface area contributed by atoms with Crippen LogP contribution < -0.4 is 0 Å². The minimum atomic E-state index is -0.308. The van der Waals surface area contributed by atoms with E-state index in [0.717, 1.165) is 16.8 Å². The van der Waals surface area contributed by atoms with E-state index in [1.165, 1.54) is 12.1 Å². The molecule has 1 aliphatic heterocycles. The zero-order chi connectivity index (χ0) is 19.5. The van der Waals surface area contributed by atoms with E-state index in [9.17, 15) is 9.18 Å². The molecule has 1 fully saturated rings. The van der Waals surface area contributed by atoms with Gasteiger partial charge in [0, 0.05) is 12.7 Å². The van der Waals surface area contributed by atoms with Crippen molar-refractivity contribution in [2.75, 3.05) is 19.7 Å². The summed E-state index contributed by atoms with van der Waals surface area (Å²) < 4.78 is 23.4. The SMILES string of the molecule is Cc1nonc1C(=O)N1CCOC(c2ccc(Cc3ccc(F)cc3)cn2)C1. The minimum absolute atomic E-state index is 0.222. The molecule has 0 radical (unpaired) electrons. The number of benzene rings is 1. The summed E-state index contributed by atoms with van der Waals surface area (Å²) in [4.78, 5) is 18.8. The van der Waals surface area contributed by atoms with E-state index < -0.39 is 0 Å². The van der Waals surface area contributed by atoms with E-state index in [2.05, 4.69) is 19.9 Å². The third kappa shape index (κ3) is 3.91. The molecule has 0 saturated carbocycles. The van der Waals surface area contributed by atoms with Crippen LogP contribution in [-0.4, -0.2) is 45.8 Å². The van der Waals surface area contributed by atoms with E-state index in [1.54, 1.807) is 30.2 Å². The van der Waals surface area contributed by atoms with Crippen molar-refractivity contribution in [1.29, 1.82) is 0 Å². The molecule has 144 valence electrons. The zero-order valence-electron chi connectivity index (χ0n) is 15.3. The predicted molar refractivity (Wildman–Crippen MR) is 97.1 cm³/mol. The molecule has 0 bridgehead atoms. The number of pyridine rings is 1. The summed E-state index contributed by atoms with van der Waals surface area (Å²) in [6.07, 6.45) is 2.15. The molecule has 4 rings (SSSR count). The Morgan fingerprint density at radius 2 is 1.96 bits per heavy atom. The summed E-state index contributed by atoms with van der Waals surface area (Å²) in [6.45, 7) is 2.96. The highest BCUT2D eigenvalue weighted by molar-refractivity contribution is 5.93. The van der Waals surface area contributed by atoms with E-state index >= 15 is 0 Å². The summed E-state index contributed by atoms with van der Waals surface area (Å²) >= 11 is 0. The van der Waals surface area contributed by atoms with Gasteiger partial charge in [0.15, 0.2) is 5.69 Å². The summed E-state index contributed by atoms with van der Waals surface area (Å²) in [5, 5.41) is 7.35. The Morgan fingerprint density at radius 1 is 1.18 bits per heavy atom. The van der Waals surface area contributed by atoms with Crippen molar-refractivity contribution in [3.8, 4) is 0 Å². The Labute approximate surface area is 161 Å². The molecule has 1 aromatic carbocycles. The van der Waals surface area contributed by atoms with Crippen molar-refractivity contribution in [2.45, 2.75) is 19.4 Å². The molecular weight excluding hydrogens is 363 g/mol. The predicted octanol–water partition coefficient (Wildman–Crippen LogP) is 2.72. The molecule has 1 unspecified atom stereocenters. The third-order valence-electron chi connectivity index (χ3n) is 4.71. The van der Waals surface area contributed by atoms with Crippen molar-refractivity contribution in [3.05, 3.63) is 76.6 Å². The smallest absolute Gasteiger partial charge is 0.278 e. The van der Waals surface area contributed by atoms with E-state index in [0.29, 0.717) is 31.8 Å². The fourth-order valence-electron chi connectivity index (χ4n) is 3.16. The minimum Gasteiger partial charge on any atom is -0.368 e. The van der Waals surface area contributed by atoms with Crippen LogP contribution in [0, 0.1) is 12.7 Å². The van der Waals surface area contributed by atoms with Gasteiger partial charge in [0.2, 0.25) is 0 Å². The van der Waals surface area contributed by atoms with Gasteiger partial charge in [0.25, 0.3) is 5.91 Å². The van der Waals surface area contributed by atoms with Crippen LogP contribution in [0.15, 0.2) is 47.2 Å². The van der Waals surface area contributed by atoms with Crippen LogP contribution in [0.1, 0.15) is 39.1 Å². The summed E-state index contributed by atoms with van der Waals surface area (Å²) in [5.41, 5.74) is 3.48. The van der Waals surface area contributed by atoms with Gasteiger partial charge in [-0.15, -0.1) is 0 Å². The second-order valence-electron chi connectivity index (χ2n) is 6.70. The average molecular weight is 382 g/mol. The van der Waals surface area contributed by atoms with Gasteiger partial charge in [-0.2, -0.15) is 0 Å². The lowest BCUT2D eigenvalue weighted by molar-refractivity contribution is -0.0250. The van der Waals surface area contributed by atoms with Crippen LogP contribution >= 0.6 is 0 Å². The van der Waals surface area contributed by atoms with Crippen LogP contribution in [0.5, 0.6) is 0 Å². The normalized spacial score (nSPS) is 16.9. The molecular formula is C20H19FN4O3. The molecule has 1 atom stereocenters. The maximum absolute atomic E-state index is 13.0. The first-order valence-electron chi connectivity index (χ1n) is 8.99. The summed E-state index contributed by atoms with van der Waals surface area (Å²) in [6, 6.07) is 10.3. The van der Waals surface area contributed by atoms with Crippen molar-refractivity contribution in [3.63, 3.8) is 0 Å². The number of ether oxygens (including phenoxy) is 1. The molecule has 0 N–H and O–H groups in total. The summed E-state index contributed by atoms with van der Waals surface area (Å²) in [5.74, 6) is -0.470.